The van der Waals surface area contributed by atoms with E-state index in [-0.39, 0.29) is 24.1 Å². The summed E-state index contributed by atoms with van der Waals surface area (Å²) in [5.74, 6) is 0.971. The number of aromatic hydroxyl groups is 1. The molecule has 2 rings (SSSR count). The molecule has 20 heavy (non-hydrogen) atoms. The number of aliphatic hydroxyl groups is 1. The van der Waals surface area contributed by atoms with Crippen molar-refractivity contribution in [2.24, 2.45) is 11.8 Å². The summed E-state index contributed by atoms with van der Waals surface area (Å²) in [5, 5.41) is 20.9. The summed E-state index contributed by atoms with van der Waals surface area (Å²) in [6.07, 6.45) is 2.97. The van der Waals surface area contributed by atoms with E-state index in [1.54, 1.807) is 12.1 Å². The Labute approximate surface area is 128 Å². The Bertz CT molecular complexity index is 438. The Morgan fingerprint density at radius 2 is 2.00 bits per heavy atom. The monoisotopic (exact) mass is 299 g/mol. The molecule has 1 aromatic carbocycles. The van der Waals surface area contributed by atoms with Crippen LogP contribution in [0.2, 0.25) is 0 Å². The van der Waals surface area contributed by atoms with Crippen LogP contribution in [0, 0.1) is 11.8 Å². The molecule has 1 aromatic rings. The molecule has 0 bridgehead atoms. The van der Waals surface area contributed by atoms with Crippen molar-refractivity contribution in [3.8, 4) is 5.75 Å². The average Bonchev–Trinajstić information content (AvgIpc) is 2.32. The van der Waals surface area contributed by atoms with Crippen LogP contribution in [0.1, 0.15) is 31.7 Å². The second-order valence-corrected chi connectivity index (χ2v) is 6.32. The SMILES string of the molecule is C[C@@H]1CC[C@@H](CN(C)C)[C@](O)(c2cccc(O)c2)C1.Cl. The lowest BCUT2D eigenvalue weighted by Crippen LogP contribution is -2.44. The fraction of sp³-hybridized carbons (Fsp3) is 0.625. The molecule has 2 N–H and O–H groups in total. The summed E-state index contributed by atoms with van der Waals surface area (Å²) in [4.78, 5) is 2.13. The Hall–Kier alpha value is -0.770. The summed E-state index contributed by atoms with van der Waals surface area (Å²) in [6, 6.07) is 7.11. The third kappa shape index (κ3) is 3.66. The summed E-state index contributed by atoms with van der Waals surface area (Å²) in [6.45, 7) is 3.07. The predicted molar refractivity (Wildman–Crippen MR) is 84.3 cm³/mol. The van der Waals surface area contributed by atoms with Gasteiger partial charge < -0.3 is 15.1 Å². The molecule has 114 valence electrons. The molecule has 1 fully saturated rings. The van der Waals surface area contributed by atoms with Gasteiger partial charge in [-0.1, -0.05) is 25.5 Å². The molecule has 0 radical (unpaired) electrons. The highest BCUT2D eigenvalue weighted by atomic mass is 35.5. The fourth-order valence-electron chi connectivity index (χ4n) is 3.34. The zero-order valence-electron chi connectivity index (χ0n) is 12.5. The van der Waals surface area contributed by atoms with Crippen molar-refractivity contribution in [3.63, 3.8) is 0 Å². The van der Waals surface area contributed by atoms with Crippen LogP contribution in [0.5, 0.6) is 5.75 Å². The average molecular weight is 300 g/mol. The molecule has 1 saturated carbocycles. The van der Waals surface area contributed by atoms with E-state index in [0.29, 0.717) is 5.92 Å². The van der Waals surface area contributed by atoms with Crippen LogP contribution >= 0.6 is 12.4 Å². The smallest absolute Gasteiger partial charge is 0.115 e. The minimum absolute atomic E-state index is 0. The number of phenols is 1. The molecular weight excluding hydrogens is 274 g/mol. The Balaban J connectivity index is 0.00000200. The van der Waals surface area contributed by atoms with E-state index in [9.17, 15) is 10.2 Å². The van der Waals surface area contributed by atoms with Gasteiger partial charge >= 0.3 is 0 Å². The van der Waals surface area contributed by atoms with Gasteiger partial charge in [0, 0.05) is 12.5 Å². The second kappa shape index (κ2) is 6.79. The maximum absolute atomic E-state index is 11.2. The van der Waals surface area contributed by atoms with Gasteiger partial charge in [0.2, 0.25) is 0 Å². The Morgan fingerprint density at radius 1 is 1.30 bits per heavy atom. The van der Waals surface area contributed by atoms with E-state index >= 15 is 0 Å². The first kappa shape index (κ1) is 17.3. The maximum Gasteiger partial charge on any atom is 0.115 e. The lowest BCUT2D eigenvalue weighted by molar-refractivity contribution is -0.0766. The molecule has 0 unspecified atom stereocenters. The summed E-state index contributed by atoms with van der Waals surface area (Å²) in [5.41, 5.74) is 0.0339. The molecule has 0 spiro atoms. The summed E-state index contributed by atoms with van der Waals surface area (Å²) in [7, 11) is 4.09. The zero-order chi connectivity index (χ0) is 14.0. The predicted octanol–water partition coefficient (Wildman–Crippen LogP) is 3.00. The fourth-order valence-corrected chi connectivity index (χ4v) is 3.34. The van der Waals surface area contributed by atoms with Crippen LogP contribution in [-0.4, -0.2) is 35.8 Å². The third-order valence-corrected chi connectivity index (χ3v) is 4.27. The van der Waals surface area contributed by atoms with Gasteiger partial charge in [-0.05, 0) is 50.6 Å². The van der Waals surface area contributed by atoms with Crippen LogP contribution in [-0.2, 0) is 5.60 Å². The van der Waals surface area contributed by atoms with E-state index in [2.05, 4.69) is 11.8 Å². The number of hydrogen-bond donors (Lipinski definition) is 2. The lowest BCUT2D eigenvalue weighted by Gasteiger charge is -2.44. The van der Waals surface area contributed by atoms with E-state index in [4.69, 9.17) is 0 Å². The summed E-state index contributed by atoms with van der Waals surface area (Å²) < 4.78 is 0. The minimum atomic E-state index is -0.819. The molecule has 1 aliphatic carbocycles. The van der Waals surface area contributed by atoms with Crippen LogP contribution in [0.15, 0.2) is 24.3 Å². The maximum atomic E-state index is 11.2. The molecule has 3 nitrogen and oxygen atoms in total. The van der Waals surface area contributed by atoms with Crippen LogP contribution in [0.25, 0.3) is 0 Å². The van der Waals surface area contributed by atoms with Gasteiger partial charge in [0.15, 0.2) is 0 Å². The largest absolute Gasteiger partial charge is 0.508 e. The zero-order valence-corrected chi connectivity index (χ0v) is 13.4. The van der Waals surface area contributed by atoms with Gasteiger partial charge in [0.1, 0.15) is 5.75 Å². The molecule has 4 heteroatoms. The third-order valence-electron chi connectivity index (χ3n) is 4.27. The van der Waals surface area contributed by atoms with Crippen molar-refractivity contribution in [1.29, 1.82) is 0 Å². The van der Waals surface area contributed by atoms with Crippen molar-refractivity contribution in [3.05, 3.63) is 29.8 Å². The van der Waals surface area contributed by atoms with Crippen LogP contribution in [0.4, 0.5) is 0 Å². The van der Waals surface area contributed by atoms with Crippen molar-refractivity contribution in [2.75, 3.05) is 20.6 Å². The summed E-state index contributed by atoms with van der Waals surface area (Å²) >= 11 is 0. The van der Waals surface area contributed by atoms with E-state index in [0.717, 1.165) is 24.9 Å². The topological polar surface area (TPSA) is 43.7 Å². The highest BCUT2D eigenvalue weighted by molar-refractivity contribution is 5.85. The molecule has 1 aliphatic rings. The van der Waals surface area contributed by atoms with Crippen molar-refractivity contribution < 1.29 is 10.2 Å². The van der Waals surface area contributed by atoms with E-state index in [1.807, 2.05) is 26.2 Å². The van der Waals surface area contributed by atoms with Gasteiger partial charge in [0.05, 0.1) is 5.60 Å². The number of benzene rings is 1. The molecule has 0 aliphatic heterocycles. The lowest BCUT2D eigenvalue weighted by atomic mass is 9.68. The van der Waals surface area contributed by atoms with Gasteiger partial charge in [-0.2, -0.15) is 0 Å². The van der Waals surface area contributed by atoms with Gasteiger partial charge in [-0.25, -0.2) is 0 Å². The molecule has 0 heterocycles. The minimum Gasteiger partial charge on any atom is -0.508 e. The van der Waals surface area contributed by atoms with E-state index < -0.39 is 5.60 Å². The molecule has 3 atom stereocenters. The van der Waals surface area contributed by atoms with Crippen LogP contribution < -0.4 is 0 Å². The number of rotatable bonds is 3. The van der Waals surface area contributed by atoms with Gasteiger partial charge in [-0.3, -0.25) is 0 Å². The molecule has 0 aromatic heterocycles. The number of nitrogens with zero attached hydrogens (tertiary/aromatic N) is 1. The number of halogens is 1. The molecule has 0 saturated heterocycles. The first-order valence-corrected chi connectivity index (χ1v) is 7.08. The molecule has 0 amide bonds. The van der Waals surface area contributed by atoms with Crippen molar-refractivity contribution >= 4 is 12.4 Å². The normalized spacial score (nSPS) is 30.1. The first-order valence-electron chi connectivity index (χ1n) is 7.08. The Morgan fingerprint density at radius 3 is 2.60 bits per heavy atom. The van der Waals surface area contributed by atoms with Crippen molar-refractivity contribution in [2.45, 2.75) is 31.8 Å². The van der Waals surface area contributed by atoms with Gasteiger partial charge in [0.25, 0.3) is 0 Å². The highest BCUT2D eigenvalue weighted by Gasteiger charge is 2.42. The van der Waals surface area contributed by atoms with Crippen LogP contribution in [0.3, 0.4) is 0 Å². The Kier molecular flexibility index (Phi) is 5.87. The number of hydrogen-bond acceptors (Lipinski definition) is 3. The molecular formula is C16H26ClNO2. The quantitative estimate of drug-likeness (QED) is 0.902. The second-order valence-electron chi connectivity index (χ2n) is 6.32. The van der Waals surface area contributed by atoms with Gasteiger partial charge in [-0.15, -0.1) is 12.4 Å². The van der Waals surface area contributed by atoms with Crippen molar-refractivity contribution in [1.82, 2.24) is 4.90 Å². The standard InChI is InChI=1S/C16H25NO2.ClH/c1-12-7-8-14(11-17(2)3)16(19,10-12)13-5-4-6-15(18)9-13;/h4-6,9,12,14,18-19H,7-8,10-11H2,1-3H3;1H/t12-,14+,16-;/m1./s1. The highest BCUT2D eigenvalue weighted by Crippen LogP contribution is 2.44. The van der Waals surface area contributed by atoms with E-state index in [1.165, 1.54) is 6.42 Å². The number of phenolic OH excluding ortho intramolecular Hbond substituents is 1. The first-order chi connectivity index (χ1) is 8.91.